The average Bonchev–Trinajstić information content (AvgIpc) is 2.38. The second kappa shape index (κ2) is 8.21. The molecule has 0 aliphatic heterocycles. The van der Waals surface area contributed by atoms with Gasteiger partial charge in [0.15, 0.2) is 5.78 Å². The Morgan fingerprint density at radius 2 is 1.90 bits per heavy atom. The van der Waals surface area contributed by atoms with Crippen molar-refractivity contribution in [2.75, 3.05) is 25.1 Å². The third-order valence-corrected chi connectivity index (χ3v) is 2.33. The maximum absolute atomic E-state index is 11.7. The number of amides is 2. The van der Waals surface area contributed by atoms with E-state index in [-0.39, 0.29) is 18.9 Å². The maximum Gasteiger partial charge on any atom is 0.319 e. The van der Waals surface area contributed by atoms with E-state index in [0.717, 1.165) is 0 Å². The molecule has 0 saturated carbocycles. The summed E-state index contributed by atoms with van der Waals surface area (Å²) in [5.74, 6) is -0.0582. The maximum atomic E-state index is 11.7. The van der Waals surface area contributed by atoms with Crippen molar-refractivity contribution >= 4 is 17.5 Å². The van der Waals surface area contributed by atoms with Crippen LogP contribution in [0, 0.1) is 0 Å². The number of anilines is 1. The van der Waals surface area contributed by atoms with E-state index >= 15 is 0 Å². The van der Waals surface area contributed by atoms with Gasteiger partial charge in [0, 0.05) is 17.8 Å². The van der Waals surface area contributed by atoms with Crippen molar-refractivity contribution in [2.24, 2.45) is 0 Å². The summed E-state index contributed by atoms with van der Waals surface area (Å²) >= 11 is 0. The normalized spacial score (nSPS) is 10.4. The van der Waals surface area contributed by atoms with Crippen LogP contribution >= 0.6 is 0 Å². The SMILES string of the molecule is CC(=O)c1ccc(NC(=O)NCCOCC(F)F)cc1. The number of nitrogens with one attached hydrogen (secondary N) is 2. The Morgan fingerprint density at radius 1 is 1.25 bits per heavy atom. The Balaban J connectivity index is 2.26. The molecule has 0 heterocycles. The highest BCUT2D eigenvalue weighted by molar-refractivity contribution is 5.95. The van der Waals surface area contributed by atoms with Crippen LogP contribution in [0.1, 0.15) is 17.3 Å². The molecule has 0 atom stereocenters. The molecule has 0 aliphatic carbocycles. The van der Waals surface area contributed by atoms with Crippen molar-refractivity contribution in [2.45, 2.75) is 13.3 Å². The van der Waals surface area contributed by atoms with E-state index in [0.29, 0.717) is 11.3 Å². The summed E-state index contributed by atoms with van der Waals surface area (Å²) in [6.45, 7) is 0.954. The van der Waals surface area contributed by atoms with Crippen molar-refractivity contribution < 1.29 is 23.1 Å². The number of carbonyl (C=O) groups excluding carboxylic acids is 2. The molecule has 0 aliphatic rings. The lowest BCUT2D eigenvalue weighted by Crippen LogP contribution is -2.31. The van der Waals surface area contributed by atoms with Crippen LogP contribution in [-0.4, -0.2) is 38.0 Å². The van der Waals surface area contributed by atoms with E-state index in [1.807, 2.05) is 0 Å². The largest absolute Gasteiger partial charge is 0.374 e. The summed E-state index contributed by atoms with van der Waals surface area (Å²) in [6.07, 6.45) is -2.51. The van der Waals surface area contributed by atoms with Gasteiger partial charge in [0.05, 0.1) is 6.61 Å². The van der Waals surface area contributed by atoms with Gasteiger partial charge in [-0.25, -0.2) is 13.6 Å². The zero-order chi connectivity index (χ0) is 15.0. The minimum absolute atomic E-state index is 0.0149. The van der Waals surface area contributed by atoms with Crippen molar-refractivity contribution in [3.8, 4) is 0 Å². The van der Waals surface area contributed by atoms with Crippen LogP contribution in [0.4, 0.5) is 19.3 Å². The number of rotatable bonds is 7. The Hall–Kier alpha value is -2.02. The standard InChI is InChI=1S/C13H16F2N2O3/c1-9(18)10-2-4-11(5-3-10)17-13(19)16-6-7-20-8-12(14)15/h2-5,12H,6-8H2,1H3,(H2,16,17,19). The molecule has 20 heavy (non-hydrogen) atoms. The van der Waals surface area contributed by atoms with Gasteiger partial charge in [0.25, 0.3) is 6.43 Å². The van der Waals surface area contributed by atoms with E-state index in [1.165, 1.54) is 6.92 Å². The van der Waals surface area contributed by atoms with Crippen LogP contribution in [0.3, 0.4) is 0 Å². The van der Waals surface area contributed by atoms with Crippen LogP contribution in [0.15, 0.2) is 24.3 Å². The Bertz CT molecular complexity index is 449. The van der Waals surface area contributed by atoms with E-state index in [9.17, 15) is 18.4 Å². The molecule has 0 radical (unpaired) electrons. The zero-order valence-corrected chi connectivity index (χ0v) is 11.0. The van der Waals surface area contributed by atoms with Gasteiger partial charge in [-0.05, 0) is 31.2 Å². The first-order chi connectivity index (χ1) is 9.49. The quantitative estimate of drug-likeness (QED) is 0.597. The molecular formula is C13H16F2N2O3. The number of ketones is 1. The molecule has 110 valence electrons. The zero-order valence-electron chi connectivity index (χ0n) is 11.0. The van der Waals surface area contributed by atoms with Gasteiger partial charge >= 0.3 is 6.03 Å². The van der Waals surface area contributed by atoms with Crippen LogP contribution in [0.5, 0.6) is 0 Å². The van der Waals surface area contributed by atoms with Crippen molar-refractivity contribution in [1.29, 1.82) is 0 Å². The third kappa shape index (κ3) is 6.24. The molecule has 2 amide bonds. The van der Waals surface area contributed by atoms with Gasteiger partial charge in [-0.3, -0.25) is 4.79 Å². The van der Waals surface area contributed by atoms with Gasteiger partial charge in [-0.1, -0.05) is 0 Å². The summed E-state index contributed by atoms with van der Waals surface area (Å²) in [5.41, 5.74) is 1.08. The van der Waals surface area contributed by atoms with Crippen LogP contribution in [-0.2, 0) is 4.74 Å². The molecule has 0 unspecified atom stereocenters. The lowest BCUT2D eigenvalue weighted by molar-refractivity contribution is 0.0194. The molecule has 1 aromatic carbocycles. The predicted molar refractivity (Wildman–Crippen MR) is 70.3 cm³/mol. The molecule has 0 spiro atoms. The number of carbonyl (C=O) groups is 2. The molecule has 1 rings (SSSR count). The highest BCUT2D eigenvalue weighted by Gasteiger charge is 2.04. The summed E-state index contributed by atoms with van der Waals surface area (Å²) in [4.78, 5) is 22.5. The topological polar surface area (TPSA) is 67.4 Å². The molecular weight excluding hydrogens is 270 g/mol. The summed E-state index contributed by atoms with van der Waals surface area (Å²) in [5, 5.41) is 5.00. The molecule has 5 nitrogen and oxygen atoms in total. The first-order valence-electron chi connectivity index (χ1n) is 6.01. The Labute approximate surface area is 115 Å². The fourth-order valence-corrected chi connectivity index (χ4v) is 1.37. The predicted octanol–water partition coefficient (Wildman–Crippen LogP) is 2.29. The molecule has 0 saturated heterocycles. The van der Waals surface area contributed by atoms with Gasteiger partial charge in [0.1, 0.15) is 6.61 Å². The number of ether oxygens (including phenoxy) is 1. The first-order valence-corrected chi connectivity index (χ1v) is 6.01. The van der Waals surface area contributed by atoms with Gasteiger partial charge in [-0.2, -0.15) is 0 Å². The van der Waals surface area contributed by atoms with Crippen molar-refractivity contribution in [1.82, 2.24) is 5.32 Å². The first kappa shape index (κ1) is 16.0. The fourth-order valence-electron chi connectivity index (χ4n) is 1.37. The second-order valence-electron chi connectivity index (χ2n) is 3.98. The van der Waals surface area contributed by atoms with Crippen LogP contribution in [0.2, 0.25) is 0 Å². The molecule has 0 aromatic heterocycles. The second-order valence-corrected chi connectivity index (χ2v) is 3.98. The summed E-state index contributed by atoms with van der Waals surface area (Å²) in [7, 11) is 0. The minimum Gasteiger partial charge on any atom is -0.374 e. The smallest absolute Gasteiger partial charge is 0.319 e. The Morgan fingerprint density at radius 3 is 2.45 bits per heavy atom. The third-order valence-electron chi connectivity index (χ3n) is 2.33. The monoisotopic (exact) mass is 286 g/mol. The van der Waals surface area contributed by atoms with Crippen LogP contribution < -0.4 is 10.6 Å². The Kier molecular flexibility index (Phi) is 6.58. The average molecular weight is 286 g/mol. The number of benzene rings is 1. The summed E-state index contributed by atoms with van der Waals surface area (Å²) < 4.78 is 28.1. The molecule has 2 N–H and O–H groups in total. The van der Waals surface area contributed by atoms with E-state index in [1.54, 1.807) is 24.3 Å². The highest BCUT2D eigenvalue weighted by atomic mass is 19.3. The van der Waals surface area contributed by atoms with Crippen LogP contribution in [0.25, 0.3) is 0 Å². The van der Waals surface area contributed by atoms with E-state index in [4.69, 9.17) is 0 Å². The number of urea groups is 1. The van der Waals surface area contributed by atoms with E-state index < -0.39 is 19.1 Å². The van der Waals surface area contributed by atoms with Crippen molar-refractivity contribution in [3.05, 3.63) is 29.8 Å². The molecule has 1 aromatic rings. The number of Topliss-reactive ketones (excluding diaryl/α,β-unsaturated/α-hetero) is 1. The minimum atomic E-state index is -2.51. The fraction of sp³-hybridized carbons (Fsp3) is 0.385. The van der Waals surface area contributed by atoms with Gasteiger partial charge in [-0.15, -0.1) is 0 Å². The number of halogens is 2. The van der Waals surface area contributed by atoms with Gasteiger partial charge in [0.2, 0.25) is 0 Å². The van der Waals surface area contributed by atoms with Gasteiger partial charge < -0.3 is 15.4 Å². The molecule has 0 fully saturated rings. The number of hydrogen-bond acceptors (Lipinski definition) is 3. The summed E-state index contributed by atoms with van der Waals surface area (Å²) in [6, 6.07) is 5.93. The number of alkyl halides is 2. The highest BCUT2D eigenvalue weighted by Crippen LogP contribution is 2.09. The number of hydrogen-bond donors (Lipinski definition) is 2. The molecule has 0 bridgehead atoms. The lowest BCUT2D eigenvalue weighted by atomic mass is 10.1. The van der Waals surface area contributed by atoms with Crippen molar-refractivity contribution in [3.63, 3.8) is 0 Å². The molecule has 7 heteroatoms. The lowest BCUT2D eigenvalue weighted by Gasteiger charge is -2.08. The van der Waals surface area contributed by atoms with E-state index in [2.05, 4.69) is 15.4 Å².